The number of nitrogens with two attached hydrogens (primary N) is 2. The van der Waals surface area contributed by atoms with Gasteiger partial charge in [-0.3, -0.25) is 19.2 Å². The molecule has 0 radical (unpaired) electrons. The Hall–Kier alpha value is -8.44. The van der Waals surface area contributed by atoms with Crippen LogP contribution in [0, 0.1) is 0 Å². The number of alkyl carbamates (subject to hydrolysis) is 2. The molecule has 11 N–H and O–H groups in total. The number of esters is 2. The van der Waals surface area contributed by atoms with E-state index in [1.807, 2.05) is 30.6 Å². The fraction of sp³-hybridized carbons (Fsp3) is 0.580. The number of halogens is 2. The molecule has 688 valence electrons. The standard InChI is InChI=1S/C21H31NO8.C19H30N2O6.C14H22N2O4.C11H24N2O4.C8H8O3.C6H10O5.2CH4I/c1-16(26-2)21(25)30-15-18(23)5-4-11-28-13-14-29-12-10-22-20(24)17-6-8-19(27-3)9-7-17;1-19(2,3)27-18(23)21-10-12-26-14-13-25-11-9-20-17(22)15-5-7-16(24-4)8-6-15;1-18-13-4-2-12(3-5-13)14(17)16-7-9-20-11-10-19-8-6-15;1-11(2,3)17-10(14)13-5-7-16-9-8-15-6-4-12;1-11-7-4-2-6(3-5-7)8(9)10;1-4(10-2)6(9)11-3-5(7)8;2*1-2/h6-9,16H,4-5,10-15H2,1-3H3,(H,22,24);5-8H,9-14H2,1-4H3,(H,20,22)(H,21,23);2-5H,6-11,15H2,1H3,(H,16,17);4-9,12H2,1-3H3,(H,13,14);2-5H,1H3,(H,9,10);4H,3H2,1-2H3,(H,7,8);2*2H,1H3/q;;;;;;2*-1/i;;;;;;2*2D. The molecule has 2 atom stereocenters. The summed E-state index contributed by atoms with van der Waals surface area (Å²) in [6.45, 7) is 23.2. The number of benzene rings is 4. The topological polar surface area (TPSA) is 489 Å². The molecule has 0 aromatic heterocycles. The third-order valence-electron chi connectivity index (χ3n) is 13.7. The van der Waals surface area contributed by atoms with Gasteiger partial charge in [0.05, 0.1) is 133 Å². The number of carboxylic acids is 2. The molecule has 37 nitrogen and oxygen atoms in total. The first-order valence-electron chi connectivity index (χ1n) is 38.6. The van der Waals surface area contributed by atoms with Crippen LogP contribution >= 0.6 is 0 Å². The molecule has 39 heteroatoms. The van der Waals surface area contributed by atoms with Crippen molar-refractivity contribution in [3.8, 4) is 23.0 Å². The molecule has 0 aliphatic rings. The van der Waals surface area contributed by atoms with Gasteiger partial charge in [-0.15, -0.1) is 0 Å². The monoisotopic (exact) mass is 1940 g/mol. The minimum atomic E-state index is -1.18. The van der Waals surface area contributed by atoms with Gasteiger partial charge in [-0.05, 0) is 159 Å². The number of hydrogen-bond donors (Lipinski definition) is 9. The Bertz CT molecular complexity index is 3340. The van der Waals surface area contributed by atoms with E-state index in [0.717, 1.165) is 5.75 Å². The Morgan fingerprint density at radius 3 is 0.875 bits per heavy atom. The molecule has 0 aliphatic heterocycles. The number of rotatable bonds is 51. The van der Waals surface area contributed by atoms with Crippen LogP contribution in [0.5, 0.6) is 23.0 Å². The predicted molar refractivity (Wildman–Crippen MR) is 440 cm³/mol. The number of alkyl halides is 2. The van der Waals surface area contributed by atoms with Gasteiger partial charge in [0.1, 0.15) is 40.8 Å². The Labute approximate surface area is 734 Å². The first-order chi connectivity index (χ1) is 58.2. The molecule has 120 heavy (non-hydrogen) atoms. The number of hydrogen-bond acceptors (Lipinski definition) is 30. The van der Waals surface area contributed by atoms with Crippen molar-refractivity contribution in [2.75, 3.05) is 217 Å². The normalized spacial score (nSPS) is 11.0. The summed E-state index contributed by atoms with van der Waals surface area (Å²) >= 11 is -0.320. The van der Waals surface area contributed by atoms with Gasteiger partial charge in [0.15, 0.2) is 24.6 Å². The third-order valence-corrected chi connectivity index (χ3v) is 13.7. The van der Waals surface area contributed by atoms with Gasteiger partial charge in [-0.2, -0.15) is 0 Å². The molecule has 4 rings (SSSR count). The molecule has 0 aliphatic carbocycles. The van der Waals surface area contributed by atoms with Crippen LogP contribution < -0.4 is 102 Å². The van der Waals surface area contributed by atoms with E-state index in [-0.39, 0.29) is 86.9 Å². The molecule has 0 bridgehead atoms. The summed E-state index contributed by atoms with van der Waals surface area (Å²) in [5.41, 5.74) is 11.5. The molecule has 2 unspecified atom stereocenters. The number of amides is 5. The number of nitrogens with one attached hydrogen (secondary N) is 5. The van der Waals surface area contributed by atoms with E-state index in [0.29, 0.717) is 192 Å². The Kier molecular flexibility index (Phi) is 74.8. The molecule has 0 heterocycles. The number of ether oxygens (including phenoxy) is 18. The first-order valence-corrected chi connectivity index (χ1v) is 42.1. The molecule has 0 spiro atoms. The van der Waals surface area contributed by atoms with Crippen LogP contribution in [-0.2, 0) is 85.5 Å². The number of ketones is 1. The maximum absolute atomic E-state index is 11.9. The Morgan fingerprint density at radius 2 is 0.633 bits per heavy atom. The first kappa shape index (κ1) is 114. The molecule has 4 aromatic rings. The van der Waals surface area contributed by atoms with Crippen molar-refractivity contribution in [1.29, 1.82) is 1.19 Å². The van der Waals surface area contributed by atoms with Crippen LogP contribution in [0.15, 0.2) is 97.1 Å². The van der Waals surface area contributed by atoms with E-state index >= 15 is 0 Å². The number of aromatic carboxylic acids is 1. The van der Waals surface area contributed by atoms with Crippen LogP contribution in [0.2, 0.25) is 0 Å². The van der Waals surface area contributed by atoms with Crippen molar-refractivity contribution in [2.45, 2.75) is 91.6 Å². The van der Waals surface area contributed by atoms with Crippen molar-refractivity contribution in [1.82, 2.24) is 26.6 Å². The van der Waals surface area contributed by atoms with Crippen molar-refractivity contribution >= 4 is 59.6 Å². The maximum atomic E-state index is 11.9. The molecule has 0 saturated heterocycles. The van der Waals surface area contributed by atoms with E-state index < -0.39 is 66.1 Å². The van der Waals surface area contributed by atoms with Crippen molar-refractivity contribution in [3.63, 3.8) is 0 Å². The number of aliphatic carboxylic acids is 1. The summed E-state index contributed by atoms with van der Waals surface area (Å²) in [6, 6.07) is 26.9. The van der Waals surface area contributed by atoms with Crippen LogP contribution in [0.25, 0.3) is 0 Å². The van der Waals surface area contributed by atoms with E-state index in [9.17, 15) is 47.9 Å². The molecular formula is C81H133I2N7O30-2. The average Bonchev–Trinajstić information content (AvgIpc) is 0.901. The number of carboxylic acid groups (broad SMARTS) is 2. The summed E-state index contributed by atoms with van der Waals surface area (Å²) in [7, 11) is 9.01. The van der Waals surface area contributed by atoms with Gasteiger partial charge in [-0.25, -0.2) is 28.8 Å². The van der Waals surface area contributed by atoms with Gasteiger partial charge in [0.2, 0.25) is 0 Å². The number of methoxy groups -OCH3 is 6. The Morgan fingerprint density at radius 1 is 0.383 bits per heavy atom. The number of Topliss-reactive ketones (excluding diaryl/α,β-unsaturated/α-hetero) is 1. The van der Waals surface area contributed by atoms with Crippen LogP contribution in [-0.4, -0.2) is 312 Å². The van der Waals surface area contributed by atoms with Crippen LogP contribution in [0.3, 0.4) is 0 Å². The van der Waals surface area contributed by atoms with E-state index in [1.54, 1.807) is 134 Å². The number of carbonyl (C=O) groups excluding carboxylic acids is 8. The Balaban J connectivity index is -0.000000697. The number of carbonyl (C=O) groups is 10. The second-order valence-corrected chi connectivity index (χ2v) is 25.3. The zero-order valence-electron chi connectivity index (χ0n) is 74.2. The molecule has 0 saturated carbocycles. The van der Waals surface area contributed by atoms with Crippen LogP contribution in [0.4, 0.5) is 9.59 Å². The zero-order valence-corrected chi connectivity index (χ0v) is 76.5. The van der Waals surface area contributed by atoms with E-state index in [1.165, 1.54) is 40.4 Å². The fourth-order valence-corrected chi connectivity index (χ4v) is 7.67. The quantitative estimate of drug-likeness (QED) is 0.00853. The second-order valence-electron chi connectivity index (χ2n) is 25.3. The van der Waals surface area contributed by atoms with E-state index in [2.05, 4.69) is 36.1 Å². The zero-order chi connectivity index (χ0) is 92.6. The van der Waals surface area contributed by atoms with Gasteiger partial charge in [-0.1, -0.05) is 0 Å². The van der Waals surface area contributed by atoms with Crippen molar-refractivity contribution in [2.24, 2.45) is 11.5 Å². The second kappa shape index (κ2) is 79.1. The van der Waals surface area contributed by atoms with E-state index in [4.69, 9.17) is 98.7 Å². The molecule has 4 aromatic carbocycles. The van der Waals surface area contributed by atoms with Gasteiger partial charge >= 0.3 is 91.9 Å². The fourth-order valence-electron chi connectivity index (χ4n) is 7.67. The minimum absolute atomic E-state index is 0.129. The van der Waals surface area contributed by atoms with Crippen molar-refractivity contribution in [3.05, 3.63) is 119 Å². The summed E-state index contributed by atoms with van der Waals surface area (Å²) in [5.74, 6) is -1.18. The predicted octanol–water partition coefficient (Wildman–Crippen LogP) is -0.866. The SMILES string of the molecule is CC(C)(C)OC(=O)NCCOCCOCCN.COC(C)C(=O)OCC(=O)O.COc1ccc(C(=O)NCCOCCOCCCC(=O)COC(=O)C(C)OC)cc1.COc1ccc(C(=O)NCCOCCOCCN)cc1.COc1ccc(C(=O)NCCOCCOCCNC(=O)OC(C)(C)C)cc1.COc1ccc(C(=O)O)cc1.[2H][I-]C.[2H][I-]C. The molecule has 0 fully saturated rings. The summed E-state index contributed by atoms with van der Waals surface area (Å²) in [6.07, 6.45) is -1.48. The van der Waals surface area contributed by atoms with Gasteiger partial charge in [0.25, 0.3) is 17.7 Å². The van der Waals surface area contributed by atoms with Crippen LogP contribution in [0.1, 0.15) is 110 Å². The third kappa shape index (κ3) is 72.4. The summed E-state index contributed by atoms with van der Waals surface area (Å²) in [4.78, 5) is 116. The van der Waals surface area contributed by atoms with Gasteiger partial charge in [0, 0.05) is 89.8 Å². The molecular weight excluding hydrogens is 1800 g/mol. The average molecular weight is 1940 g/mol. The van der Waals surface area contributed by atoms with Crippen molar-refractivity contribution < 1.29 is 188 Å². The summed E-state index contributed by atoms with van der Waals surface area (Å²) in [5, 5.41) is 30.1. The van der Waals surface area contributed by atoms with Gasteiger partial charge < -0.3 is 134 Å². The summed E-state index contributed by atoms with van der Waals surface area (Å²) < 4.78 is 104. The molecule has 5 amide bonds.